The van der Waals surface area contributed by atoms with Gasteiger partial charge in [-0.25, -0.2) is 13.4 Å². The average molecular weight is 333 g/mol. The van der Waals surface area contributed by atoms with E-state index in [0.29, 0.717) is 23.1 Å². The van der Waals surface area contributed by atoms with Crippen LogP contribution in [-0.4, -0.2) is 37.4 Å². The lowest BCUT2D eigenvalue weighted by Gasteiger charge is -2.09. The summed E-state index contributed by atoms with van der Waals surface area (Å²) in [5, 5.41) is 2.75. The van der Waals surface area contributed by atoms with E-state index in [9.17, 15) is 13.2 Å². The maximum Gasteiger partial charge on any atom is 0.251 e. The number of amides is 1. The average Bonchev–Trinajstić information content (AvgIpc) is 2.66. The number of halogens is 1. The fourth-order valence-electron chi connectivity index (χ4n) is 1.92. The van der Waals surface area contributed by atoms with Crippen LogP contribution in [0.2, 0.25) is 0 Å². The molecule has 0 saturated carbocycles. The number of carbonyl (C=O) groups excluding carboxylic acids is 1. The summed E-state index contributed by atoms with van der Waals surface area (Å²) in [6.07, 6.45) is 2.17. The highest BCUT2D eigenvalue weighted by atomic mass is 79.9. The van der Waals surface area contributed by atoms with Crippen LogP contribution in [0.4, 0.5) is 0 Å². The Balaban J connectivity index is 1.90. The Morgan fingerprint density at radius 2 is 2.33 bits per heavy atom. The summed E-state index contributed by atoms with van der Waals surface area (Å²) in [4.78, 5) is 15.7. The van der Waals surface area contributed by atoms with E-state index in [1.165, 1.54) is 0 Å². The minimum Gasteiger partial charge on any atom is -0.352 e. The van der Waals surface area contributed by atoms with Crippen LogP contribution in [0.15, 0.2) is 22.9 Å². The maximum atomic E-state index is 11.8. The largest absolute Gasteiger partial charge is 0.352 e. The van der Waals surface area contributed by atoms with E-state index in [4.69, 9.17) is 0 Å². The van der Waals surface area contributed by atoms with Gasteiger partial charge in [-0.05, 0) is 40.4 Å². The van der Waals surface area contributed by atoms with Gasteiger partial charge in [0.05, 0.1) is 11.5 Å². The number of rotatable bonds is 3. The Hall–Kier alpha value is -0.950. The molecule has 2 rings (SSSR count). The van der Waals surface area contributed by atoms with Gasteiger partial charge in [-0.2, -0.15) is 0 Å². The van der Waals surface area contributed by atoms with Crippen molar-refractivity contribution in [2.45, 2.75) is 6.42 Å². The first-order valence-corrected chi connectivity index (χ1v) is 8.18. The second-order valence-electron chi connectivity index (χ2n) is 4.35. The Morgan fingerprint density at radius 1 is 1.56 bits per heavy atom. The van der Waals surface area contributed by atoms with Crippen molar-refractivity contribution < 1.29 is 13.2 Å². The molecule has 0 aromatic carbocycles. The van der Waals surface area contributed by atoms with Gasteiger partial charge in [-0.1, -0.05) is 0 Å². The molecule has 1 aliphatic heterocycles. The Kier molecular flexibility index (Phi) is 4.01. The normalized spacial score (nSPS) is 21.7. The molecule has 1 N–H and O–H groups in total. The summed E-state index contributed by atoms with van der Waals surface area (Å²) in [6, 6.07) is 3.24. The van der Waals surface area contributed by atoms with Crippen LogP contribution in [0.5, 0.6) is 0 Å². The zero-order valence-corrected chi connectivity index (χ0v) is 12.0. The molecule has 5 nitrogen and oxygen atoms in total. The first-order valence-electron chi connectivity index (χ1n) is 5.56. The Labute approximate surface area is 114 Å². The van der Waals surface area contributed by atoms with Gasteiger partial charge in [0.25, 0.3) is 5.91 Å². The molecule has 7 heteroatoms. The predicted octanol–water partition coefficient (Wildman–Crippen LogP) is 1.01. The molecule has 1 aliphatic rings. The topological polar surface area (TPSA) is 76.1 Å². The van der Waals surface area contributed by atoms with Gasteiger partial charge in [0.1, 0.15) is 4.60 Å². The zero-order chi connectivity index (χ0) is 13.2. The third-order valence-electron chi connectivity index (χ3n) is 2.87. The summed E-state index contributed by atoms with van der Waals surface area (Å²) in [7, 11) is -2.88. The van der Waals surface area contributed by atoms with Crippen molar-refractivity contribution in [2.75, 3.05) is 18.1 Å². The lowest BCUT2D eigenvalue weighted by Crippen LogP contribution is -2.29. The van der Waals surface area contributed by atoms with Crippen molar-refractivity contribution in [3.05, 3.63) is 28.5 Å². The van der Waals surface area contributed by atoms with E-state index in [1.807, 2.05) is 0 Å². The predicted molar refractivity (Wildman–Crippen MR) is 71.0 cm³/mol. The molecule has 1 aromatic rings. The molecule has 0 bridgehead atoms. The van der Waals surface area contributed by atoms with Crippen LogP contribution in [0.25, 0.3) is 0 Å². The molecule has 1 fully saturated rings. The monoisotopic (exact) mass is 332 g/mol. The van der Waals surface area contributed by atoms with Crippen LogP contribution < -0.4 is 5.32 Å². The molecule has 0 radical (unpaired) electrons. The zero-order valence-electron chi connectivity index (χ0n) is 9.60. The fraction of sp³-hybridized carbons (Fsp3) is 0.455. The number of nitrogens with zero attached hydrogens (tertiary/aromatic N) is 1. The van der Waals surface area contributed by atoms with Gasteiger partial charge in [0, 0.05) is 18.3 Å². The highest BCUT2D eigenvalue weighted by Gasteiger charge is 2.27. The molecule has 0 aliphatic carbocycles. The molecule has 98 valence electrons. The second kappa shape index (κ2) is 5.36. The van der Waals surface area contributed by atoms with Crippen molar-refractivity contribution in [3.8, 4) is 0 Å². The highest BCUT2D eigenvalue weighted by molar-refractivity contribution is 9.10. The SMILES string of the molecule is O=C(NCC1CCS(=O)(=O)C1)c1ccnc(Br)c1. The van der Waals surface area contributed by atoms with Crippen molar-refractivity contribution in [1.82, 2.24) is 10.3 Å². The van der Waals surface area contributed by atoms with Crippen molar-refractivity contribution >= 4 is 31.7 Å². The third-order valence-corrected chi connectivity index (χ3v) is 5.14. The number of pyridine rings is 1. The van der Waals surface area contributed by atoms with E-state index in [0.717, 1.165) is 0 Å². The van der Waals surface area contributed by atoms with Crippen LogP contribution in [0.3, 0.4) is 0 Å². The van der Waals surface area contributed by atoms with Gasteiger partial charge in [0.15, 0.2) is 9.84 Å². The van der Waals surface area contributed by atoms with Crippen molar-refractivity contribution in [1.29, 1.82) is 0 Å². The standard InChI is InChI=1S/C11H13BrN2O3S/c12-10-5-9(1-3-13-10)11(15)14-6-8-2-4-18(16,17)7-8/h1,3,5,8H,2,4,6-7H2,(H,14,15). The number of hydrogen-bond donors (Lipinski definition) is 1. The number of aromatic nitrogens is 1. The smallest absolute Gasteiger partial charge is 0.251 e. The van der Waals surface area contributed by atoms with Crippen LogP contribution in [-0.2, 0) is 9.84 Å². The lowest BCUT2D eigenvalue weighted by atomic mass is 10.1. The van der Waals surface area contributed by atoms with E-state index in [1.54, 1.807) is 18.3 Å². The third kappa shape index (κ3) is 3.52. The summed E-state index contributed by atoms with van der Waals surface area (Å²) >= 11 is 3.19. The fourth-order valence-corrected chi connectivity index (χ4v) is 4.14. The summed E-state index contributed by atoms with van der Waals surface area (Å²) < 4.78 is 23.1. The van der Waals surface area contributed by atoms with Crippen molar-refractivity contribution in [2.24, 2.45) is 5.92 Å². The number of carbonyl (C=O) groups is 1. The molecular weight excluding hydrogens is 320 g/mol. The highest BCUT2D eigenvalue weighted by Crippen LogP contribution is 2.17. The maximum absolute atomic E-state index is 11.8. The van der Waals surface area contributed by atoms with Gasteiger partial charge >= 0.3 is 0 Å². The van der Waals surface area contributed by atoms with Crippen LogP contribution in [0.1, 0.15) is 16.8 Å². The summed E-state index contributed by atoms with van der Waals surface area (Å²) in [6.45, 7) is 0.401. The van der Waals surface area contributed by atoms with Crippen molar-refractivity contribution in [3.63, 3.8) is 0 Å². The molecule has 2 heterocycles. The first kappa shape index (κ1) is 13.5. The van der Waals surface area contributed by atoms with Crippen LogP contribution >= 0.6 is 15.9 Å². The van der Waals surface area contributed by atoms with Gasteiger partial charge in [-0.15, -0.1) is 0 Å². The minimum absolute atomic E-state index is 0.0317. The molecule has 1 unspecified atom stereocenters. The lowest BCUT2D eigenvalue weighted by molar-refractivity contribution is 0.0948. The van der Waals surface area contributed by atoms with E-state index in [-0.39, 0.29) is 23.3 Å². The molecule has 18 heavy (non-hydrogen) atoms. The molecule has 0 spiro atoms. The summed E-state index contributed by atoms with van der Waals surface area (Å²) in [5.41, 5.74) is 0.512. The van der Waals surface area contributed by atoms with E-state index >= 15 is 0 Å². The number of nitrogens with one attached hydrogen (secondary N) is 1. The minimum atomic E-state index is -2.88. The summed E-state index contributed by atoms with van der Waals surface area (Å²) in [5.74, 6) is 0.230. The number of hydrogen-bond acceptors (Lipinski definition) is 4. The van der Waals surface area contributed by atoms with E-state index < -0.39 is 9.84 Å². The molecule has 1 atom stereocenters. The molecule has 1 amide bonds. The second-order valence-corrected chi connectivity index (χ2v) is 7.39. The molecular formula is C11H13BrN2O3S. The Morgan fingerprint density at radius 3 is 2.94 bits per heavy atom. The van der Waals surface area contributed by atoms with Crippen LogP contribution in [0, 0.1) is 5.92 Å². The molecule has 1 saturated heterocycles. The van der Waals surface area contributed by atoms with E-state index in [2.05, 4.69) is 26.2 Å². The van der Waals surface area contributed by atoms with Gasteiger partial charge < -0.3 is 5.32 Å². The quantitative estimate of drug-likeness (QED) is 0.838. The molecule has 1 aromatic heterocycles. The Bertz CT molecular complexity index is 559. The van der Waals surface area contributed by atoms with Gasteiger partial charge in [-0.3, -0.25) is 4.79 Å². The first-order chi connectivity index (χ1) is 8.46. The van der Waals surface area contributed by atoms with Gasteiger partial charge in [0.2, 0.25) is 0 Å². The number of sulfone groups is 1.